The maximum atomic E-state index is 13.2. The van der Waals surface area contributed by atoms with Crippen molar-refractivity contribution in [2.45, 2.75) is 45.1 Å². The first-order chi connectivity index (χ1) is 16.9. The van der Waals surface area contributed by atoms with Gasteiger partial charge >= 0.3 is 0 Å². The second-order valence-electron chi connectivity index (χ2n) is 9.31. The zero-order chi connectivity index (χ0) is 25.0. The molecule has 0 aliphatic carbocycles. The Morgan fingerprint density at radius 2 is 2.14 bits per heavy atom. The number of benzene rings is 1. The number of thioether (sulfide) groups is 1. The lowest BCUT2D eigenvalue weighted by molar-refractivity contribution is -0.129. The molecule has 186 valence electrons. The van der Waals surface area contributed by atoms with Crippen molar-refractivity contribution in [1.29, 1.82) is 5.26 Å². The van der Waals surface area contributed by atoms with Gasteiger partial charge in [0.05, 0.1) is 29.6 Å². The number of hydrogen-bond donors (Lipinski definition) is 1. The third-order valence-corrected chi connectivity index (χ3v) is 7.80. The van der Waals surface area contributed by atoms with Gasteiger partial charge in [-0.15, -0.1) is 11.8 Å². The zero-order valence-electron chi connectivity index (χ0n) is 19.7. The van der Waals surface area contributed by atoms with Crippen LogP contribution < -0.4 is 10.2 Å². The molecule has 1 aromatic heterocycles. The van der Waals surface area contributed by atoms with Gasteiger partial charge < -0.3 is 15.1 Å². The molecule has 10 heteroatoms. The Kier molecular flexibility index (Phi) is 7.75. The number of nitrogens with one attached hydrogen (secondary N) is 1. The number of halogens is 2. The number of anilines is 1. The van der Waals surface area contributed by atoms with E-state index in [-0.39, 0.29) is 24.3 Å². The second kappa shape index (κ2) is 10.8. The number of unbranched alkanes of at least 4 members (excludes halogenated alkanes) is 1. The number of amides is 2. The fourth-order valence-electron chi connectivity index (χ4n) is 4.89. The van der Waals surface area contributed by atoms with Gasteiger partial charge in [-0.05, 0) is 30.7 Å². The highest BCUT2D eigenvalue weighted by molar-refractivity contribution is 7.99. The van der Waals surface area contributed by atoms with Crippen molar-refractivity contribution in [2.75, 3.05) is 36.2 Å². The minimum absolute atomic E-state index is 0.0947. The maximum absolute atomic E-state index is 13.2. The predicted molar refractivity (Wildman–Crippen MR) is 132 cm³/mol. The van der Waals surface area contributed by atoms with Crippen LogP contribution in [0.3, 0.4) is 0 Å². The molecule has 4 rings (SSSR count). The normalized spacial score (nSPS) is 19.0. The number of carbonyl (C=O) groups is 2. The van der Waals surface area contributed by atoms with E-state index in [4.69, 9.17) is 0 Å². The smallest absolute Gasteiger partial charge is 0.252 e. The molecule has 0 saturated carbocycles. The van der Waals surface area contributed by atoms with Crippen LogP contribution in [0.15, 0.2) is 30.5 Å². The summed E-state index contributed by atoms with van der Waals surface area (Å²) in [5.74, 6) is 0.316. The lowest BCUT2D eigenvalue weighted by atomic mass is 9.72. The van der Waals surface area contributed by atoms with Gasteiger partial charge in [0, 0.05) is 47.9 Å². The molecule has 7 nitrogen and oxygen atoms in total. The van der Waals surface area contributed by atoms with Crippen LogP contribution in [0.2, 0.25) is 0 Å². The van der Waals surface area contributed by atoms with Crippen LogP contribution in [0, 0.1) is 16.7 Å². The van der Waals surface area contributed by atoms with Gasteiger partial charge in [-0.25, -0.2) is 8.78 Å². The van der Waals surface area contributed by atoms with Crippen molar-refractivity contribution in [1.82, 2.24) is 15.2 Å². The number of nitrogens with zero attached hydrogens (tertiary/aromatic N) is 4. The molecule has 2 aliphatic rings. The molecule has 3 heterocycles. The number of aromatic nitrogens is 1. The number of alkyl halides is 2. The van der Waals surface area contributed by atoms with Gasteiger partial charge in [-0.1, -0.05) is 19.8 Å². The molecule has 1 N–H and O–H groups in total. The SMILES string of the molecule is CCCCC1(CC(F)F)CN(c2ccc3nccc(C(=O)NCC(=O)N4CSCC4C#N)c3c2)C1. The summed E-state index contributed by atoms with van der Waals surface area (Å²) in [6.45, 7) is 3.00. The molecule has 0 spiro atoms. The fourth-order valence-corrected chi connectivity index (χ4v) is 6.00. The average molecular weight is 502 g/mol. The van der Waals surface area contributed by atoms with Crippen molar-refractivity contribution < 1.29 is 18.4 Å². The van der Waals surface area contributed by atoms with Gasteiger partial charge in [0.15, 0.2) is 0 Å². The highest BCUT2D eigenvalue weighted by Gasteiger charge is 2.44. The number of fused-ring (bicyclic) bond motifs is 1. The Hall–Kier alpha value is -2.93. The Balaban J connectivity index is 1.47. The van der Waals surface area contributed by atoms with Crippen LogP contribution in [0.25, 0.3) is 10.9 Å². The monoisotopic (exact) mass is 501 g/mol. The summed E-state index contributed by atoms with van der Waals surface area (Å²) in [4.78, 5) is 33.3. The number of pyridine rings is 1. The van der Waals surface area contributed by atoms with Crippen molar-refractivity contribution in [3.05, 3.63) is 36.0 Å². The molecule has 2 amide bonds. The van der Waals surface area contributed by atoms with Crippen molar-refractivity contribution >= 4 is 40.2 Å². The first kappa shape index (κ1) is 25.2. The molecule has 0 radical (unpaired) electrons. The van der Waals surface area contributed by atoms with E-state index in [2.05, 4.69) is 28.2 Å². The number of hydrogen-bond acceptors (Lipinski definition) is 6. The van der Waals surface area contributed by atoms with Gasteiger partial charge in [0.2, 0.25) is 12.3 Å². The highest BCUT2D eigenvalue weighted by atomic mass is 32.2. The molecule has 2 aromatic rings. The van der Waals surface area contributed by atoms with Crippen LogP contribution >= 0.6 is 11.8 Å². The average Bonchev–Trinajstić information content (AvgIpc) is 3.31. The molecular formula is C25H29F2N5O2S. The summed E-state index contributed by atoms with van der Waals surface area (Å²) in [5.41, 5.74) is 1.52. The van der Waals surface area contributed by atoms with E-state index in [1.54, 1.807) is 12.3 Å². The van der Waals surface area contributed by atoms with Crippen LogP contribution in [0.1, 0.15) is 43.0 Å². The first-order valence-electron chi connectivity index (χ1n) is 11.8. The van der Waals surface area contributed by atoms with E-state index in [9.17, 15) is 23.6 Å². The topological polar surface area (TPSA) is 89.3 Å². The predicted octanol–water partition coefficient (Wildman–Crippen LogP) is 4.04. The van der Waals surface area contributed by atoms with Crippen molar-refractivity contribution in [2.24, 2.45) is 5.41 Å². The Morgan fingerprint density at radius 3 is 2.86 bits per heavy atom. The summed E-state index contributed by atoms with van der Waals surface area (Å²) in [6, 6.07) is 8.84. The zero-order valence-corrected chi connectivity index (χ0v) is 20.5. The van der Waals surface area contributed by atoms with E-state index in [1.807, 2.05) is 18.2 Å². The largest absolute Gasteiger partial charge is 0.370 e. The van der Waals surface area contributed by atoms with Gasteiger partial charge in [0.25, 0.3) is 5.91 Å². The summed E-state index contributed by atoms with van der Waals surface area (Å²) in [6.07, 6.45) is 1.81. The molecule has 1 aromatic carbocycles. The third kappa shape index (κ3) is 5.50. The molecule has 2 aliphatic heterocycles. The molecule has 0 bridgehead atoms. The second-order valence-corrected chi connectivity index (χ2v) is 10.3. The van der Waals surface area contributed by atoms with Crippen LogP contribution in [-0.2, 0) is 4.79 Å². The van der Waals surface area contributed by atoms with E-state index in [0.717, 1.165) is 24.9 Å². The van der Waals surface area contributed by atoms with Crippen LogP contribution in [-0.4, -0.2) is 65.4 Å². The molecule has 35 heavy (non-hydrogen) atoms. The Labute approximate surface area is 207 Å². The Bertz CT molecular complexity index is 1130. The fraction of sp³-hybridized carbons (Fsp3) is 0.520. The highest BCUT2D eigenvalue weighted by Crippen LogP contribution is 2.43. The van der Waals surface area contributed by atoms with Crippen molar-refractivity contribution in [3.8, 4) is 6.07 Å². The van der Waals surface area contributed by atoms with E-state index in [1.165, 1.54) is 16.7 Å². The van der Waals surface area contributed by atoms with E-state index < -0.39 is 18.4 Å². The third-order valence-electron chi connectivity index (χ3n) is 6.79. The number of carbonyl (C=O) groups excluding carboxylic acids is 2. The minimum atomic E-state index is -2.32. The summed E-state index contributed by atoms with van der Waals surface area (Å²) in [7, 11) is 0. The Morgan fingerprint density at radius 1 is 1.34 bits per heavy atom. The number of nitriles is 1. The standard InChI is InChI=1S/C25H29F2N5O2S/c1-2-3-7-25(10-22(26)27)14-31(15-25)17-4-5-21-20(9-17)19(6-8-29-21)24(34)30-12-23(33)32-16-35-13-18(32)11-28/h4-6,8-9,18,22H,2-3,7,10,12-16H2,1H3,(H,30,34). The molecule has 2 saturated heterocycles. The van der Waals surface area contributed by atoms with E-state index >= 15 is 0 Å². The van der Waals surface area contributed by atoms with Crippen LogP contribution in [0.5, 0.6) is 0 Å². The van der Waals surface area contributed by atoms with E-state index in [0.29, 0.717) is 41.2 Å². The molecule has 2 fully saturated rings. The summed E-state index contributed by atoms with van der Waals surface area (Å²) in [5, 5.41) is 12.5. The summed E-state index contributed by atoms with van der Waals surface area (Å²) < 4.78 is 26.4. The lowest BCUT2D eigenvalue weighted by Gasteiger charge is -2.52. The van der Waals surface area contributed by atoms with Gasteiger partial charge in [-0.3, -0.25) is 14.6 Å². The molecule has 1 unspecified atom stereocenters. The summed E-state index contributed by atoms with van der Waals surface area (Å²) >= 11 is 1.51. The number of rotatable bonds is 9. The maximum Gasteiger partial charge on any atom is 0.252 e. The minimum Gasteiger partial charge on any atom is -0.370 e. The quantitative estimate of drug-likeness (QED) is 0.558. The van der Waals surface area contributed by atoms with Crippen molar-refractivity contribution in [3.63, 3.8) is 0 Å². The van der Waals surface area contributed by atoms with Gasteiger partial charge in [-0.2, -0.15) is 5.26 Å². The molecule has 1 atom stereocenters. The van der Waals surface area contributed by atoms with Gasteiger partial charge in [0.1, 0.15) is 6.04 Å². The first-order valence-corrected chi connectivity index (χ1v) is 13.0. The molecular weight excluding hydrogens is 472 g/mol. The lowest BCUT2D eigenvalue weighted by Crippen LogP contribution is -2.57. The van der Waals surface area contributed by atoms with Crippen LogP contribution in [0.4, 0.5) is 14.5 Å².